The van der Waals surface area contributed by atoms with Crippen molar-refractivity contribution >= 4 is 17.7 Å². The van der Waals surface area contributed by atoms with Gasteiger partial charge in [0.1, 0.15) is 5.82 Å². The number of esters is 1. The third-order valence-corrected chi connectivity index (χ3v) is 2.76. The molecule has 1 aromatic carbocycles. The fraction of sp³-hybridized carbons (Fsp3) is 0.357. The van der Waals surface area contributed by atoms with E-state index in [4.69, 9.17) is 10.5 Å². The van der Waals surface area contributed by atoms with Crippen molar-refractivity contribution < 1.29 is 23.5 Å². The van der Waals surface area contributed by atoms with Crippen LogP contribution in [-0.2, 0) is 14.3 Å². The summed E-state index contributed by atoms with van der Waals surface area (Å²) in [7, 11) is 0. The third-order valence-electron chi connectivity index (χ3n) is 2.76. The van der Waals surface area contributed by atoms with Gasteiger partial charge in [0.2, 0.25) is 0 Å². The molecule has 0 aromatic heterocycles. The molecule has 0 saturated heterocycles. The summed E-state index contributed by atoms with van der Waals surface area (Å²) in [5.41, 5.74) is 4.89. The van der Waals surface area contributed by atoms with Gasteiger partial charge in [0.25, 0.3) is 5.91 Å². The summed E-state index contributed by atoms with van der Waals surface area (Å²) >= 11 is 0. The van der Waals surface area contributed by atoms with Crippen LogP contribution >= 0.6 is 0 Å². The average molecular weight is 281 g/mol. The minimum atomic E-state index is -1.06. The van der Waals surface area contributed by atoms with E-state index in [2.05, 4.69) is 0 Å². The van der Waals surface area contributed by atoms with Crippen LogP contribution in [0.4, 0.5) is 4.39 Å². The van der Waals surface area contributed by atoms with E-state index < -0.39 is 35.5 Å². The van der Waals surface area contributed by atoms with Crippen molar-refractivity contribution in [3.8, 4) is 0 Å². The molecule has 0 aliphatic heterocycles. The summed E-state index contributed by atoms with van der Waals surface area (Å²) in [4.78, 5) is 34.3. The van der Waals surface area contributed by atoms with Gasteiger partial charge in [-0.05, 0) is 19.1 Å². The van der Waals surface area contributed by atoms with E-state index in [0.717, 1.165) is 0 Å². The number of ether oxygens (including phenoxy) is 1. The molecule has 0 bridgehead atoms. The van der Waals surface area contributed by atoms with Gasteiger partial charge >= 0.3 is 5.97 Å². The molecule has 5 nitrogen and oxygen atoms in total. The Bertz CT molecular complexity index is 530. The van der Waals surface area contributed by atoms with Crippen LogP contribution in [-0.4, -0.2) is 23.8 Å². The van der Waals surface area contributed by atoms with Crippen molar-refractivity contribution in [1.82, 2.24) is 0 Å². The summed E-state index contributed by atoms with van der Waals surface area (Å²) in [6.45, 7) is 2.81. The van der Waals surface area contributed by atoms with Crippen molar-refractivity contribution in [3.05, 3.63) is 35.6 Å². The molecule has 2 N–H and O–H groups in total. The smallest absolute Gasteiger partial charge is 0.309 e. The highest BCUT2D eigenvalue weighted by Gasteiger charge is 2.23. The molecule has 2 unspecified atom stereocenters. The molecule has 6 heteroatoms. The van der Waals surface area contributed by atoms with Crippen LogP contribution in [0.15, 0.2) is 24.3 Å². The standard InChI is InChI=1S/C14H16FNO4/c1-8(14(19)20-9(2)13(16)18)7-12(17)10-5-3-4-6-11(10)15/h3-6,8-9H,7H2,1-2H3,(H2,16,18). The highest BCUT2D eigenvalue weighted by molar-refractivity contribution is 5.98. The SMILES string of the molecule is CC(CC(=O)c1ccccc1F)C(=O)OC(C)C(N)=O. The number of halogens is 1. The number of amides is 1. The lowest BCUT2D eigenvalue weighted by molar-refractivity contribution is -0.157. The van der Waals surface area contributed by atoms with Gasteiger partial charge in [-0.25, -0.2) is 4.39 Å². The molecule has 0 heterocycles. The number of carbonyl (C=O) groups is 3. The molecule has 108 valence electrons. The lowest BCUT2D eigenvalue weighted by Crippen LogP contribution is -2.32. The summed E-state index contributed by atoms with van der Waals surface area (Å²) in [6.07, 6.45) is -1.26. The molecular formula is C14H16FNO4. The first-order valence-corrected chi connectivity index (χ1v) is 6.10. The van der Waals surface area contributed by atoms with Crippen molar-refractivity contribution in [3.63, 3.8) is 0 Å². The summed E-state index contributed by atoms with van der Waals surface area (Å²) in [5, 5.41) is 0. The second kappa shape index (κ2) is 6.79. The summed E-state index contributed by atoms with van der Waals surface area (Å²) in [6, 6.07) is 5.53. The molecular weight excluding hydrogens is 265 g/mol. The minimum Gasteiger partial charge on any atom is -0.452 e. The summed E-state index contributed by atoms with van der Waals surface area (Å²) < 4.78 is 18.2. The Morgan fingerprint density at radius 3 is 2.40 bits per heavy atom. The van der Waals surface area contributed by atoms with Crippen LogP contribution in [0, 0.1) is 11.7 Å². The van der Waals surface area contributed by atoms with E-state index >= 15 is 0 Å². The quantitative estimate of drug-likeness (QED) is 0.631. The van der Waals surface area contributed by atoms with Crippen LogP contribution in [0.5, 0.6) is 0 Å². The van der Waals surface area contributed by atoms with Gasteiger partial charge in [0, 0.05) is 6.42 Å². The molecule has 0 spiro atoms. The Kier molecular flexibility index (Phi) is 5.37. The first kappa shape index (κ1) is 15.8. The Morgan fingerprint density at radius 2 is 1.85 bits per heavy atom. The maximum absolute atomic E-state index is 13.4. The number of nitrogens with two attached hydrogens (primary N) is 1. The molecule has 0 fully saturated rings. The zero-order chi connectivity index (χ0) is 15.3. The Morgan fingerprint density at radius 1 is 1.25 bits per heavy atom. The van der Waals surface area contributed by atoms with Crippen LogP contribution in [0.3, 0.4) is 0 Å². The predicted molar refractivity (Wildman–Crippen MR) is 69.3 cm³/mol. The molecule has 0 saturated carbocycles. The maximum atomic E-state index is 13.4. The normalized spacial score (nSPS) is 13.3. The molecule has 2 atom stereocenters. The van der Waals surface area contributed by atoms with E-state index in [1.807, 2.05) is 0 Å². The second-order valence-corrected chi connectivity index (χ2v) is 4.49. The van der Waals surface area contributed by atoms with E-state index in [-0.39, 0.29) is 12.0 Å². The van der Waals surface area contributed by atoms with Crippen LogP contribution in [0.1, 0.15) is 30.6 Å². The number of benzene rings is 1. The van der Waals surface area contributed by atoms with Gasteiger partial charge in [-0.1, -0.05) is 19.1 Å². The highest BCUT2D eigenvalue weighted by atomic mass is 19.1. The van der Waals surface area contributed by atoms with Gasteiger partial charge in [-0.2, -0.15) is 0 Å². The van der Waals surface area contributed by atoms with Crippen molar-refractivity contribution in [1.29, 1.82) is 0 Å². The number of rotatable bonds is 6. The van der Waals surface area contributed by atoms with Gasteiger partial charge in [0.05, 0.1) is 11.5 Å². The van der Waals surface area contributed by atoms with Crippen molar-refractivity contribution in [2.24, 2.45) is 11.7 Å². The van der Waals surface area contributed by atoms with Gasteiger partial charge in [-0.15, -0.1) is 0 Å². The first-order chi connectivity index (χ1) is 9.32. The number of primary amides is 1. The second-order valence-electron chi connectivity index (χ2n) is 4.49. The lowest BCUT2D eigenvalue weighted by atomic mass is 9.99. The van der Waals surface area contributed by atoms with Crippen molar-refractivity contribution in [2.45, 2.75) is 26.4 Å². The van der Waals surface area contributed by atoms with E-state index in [0.29, 0.717) is 0 Å². The van der Waals surface area contributed by atoms with E-state index in [1.165, 1.54) is 38.1 Å². The monoisotopic (exact) mass is 281 g/mol. The number of hydrogen-bond acceptors (Lipinski definition) is 4. The molecule has 1 rings (SSSR count). The molecule has 0 radical (unpaired) electrons. The first-order valence-electron chi connectivity index (χ1n) is 6.10. The molecule has 1 aromatic rings. The number of hydrogen-bond donors (Lipinski definition) is 1. The van der Waals surface area contributed by atoms with Gasteiger partial charge in [-0.3, -0.25) is 14.4 Å². The van der Waals surface area contributed by atoms with Gasteiger partial charge in [0.15, 0.2) is 11.9 Å². The molecule has 1 amide bonds. The average Bonchev–Trinajstić information content (AvgIpc) is 2.38. The van der Waals surface area contributed by atoms with E-state index in [1.54, 1.807) is 0 Å². The third kappa shape index (κ3) is 4.15. The topological polar surface area (TPSA) is 86.5 Å². The van der Waals surface area contributed by atoms with Gasteiger partial charge < -0.3 is 10.5 Å². The minimum absolute atomic E-state index is 0.0740. The Labute approximate surface area is 115 Å². The fourth-order valence-corrected chi connectivity index (χ4v) is 1.51. The number of carbonyl (C=O) groups excluding carboxylic acids is 3. The van der Waals surface area contributed by atoms with Crippen molar-refractivity contribution in [2.75, 3.05) is 0 Å². The van der Waals surface area contributed by atoms with Crippen LogP contribution in [0.25, 0.3) is 0 Å². The maximum Gasteiger partial charge on any atom is 0.309 e. The van der Waals surface area contributed by atoms with E-state index in [9.17, 15) is 18.8 Å². The Balaban J connectivity index is 2.64. The zero-order valence-corrected chi connectivity index (χ0v) is 11.3. The molecule has 0 aliphatic rings. The van der Waals surface area contributed by atoms with Crippen LogP contribution in [0.2, 0.25) is 0 Å². The predicted octanol–water partition coefficient (Wildman–Crippen LogP) is 1.45. The number of ketones is 1. The molecule has 20 heavy (non-hydrogen) atoms. The highest BCUT2D eigenvalue weighted by Crippen LogP contribution is 2.14. The Hall–Kier alpha value is -2.24. The zero-order valence-electron chi connectivity index (χ0n) is 11.3. The van der Waals surface area contributed by atoms with Crippen LogP contribution < -0.4 is 5.73 Å². The fourth-order valence-electron chi connectivity index (χ4n) is 1.51. The molecule has 0 aliphatic carbocycles. The summed E-state index contributed by atoms with van der Waals surface area (Å²) in [5.74, 6) is -3.42. The lowest BCUT2D eigenvalue weighted by Gasteiger charge is -2.14. The largest absolute Gasteiger partial charge is 0.452 e. The number of Topliss-reactive ketones (excluding diaryl/α,β-unsaturated/α-hetero) is 1.